The van der Waals surface area contributed by atoms with Gasteiger partial charge in [-0.15, -0.1) is 0 Å². The molecule has 1 aliphatic heterocycles. The van der Waals surface area contributed by atoms with Gasteiger partial charge >= 0.3 is 0 Å². The Labute approximate surface area is 109 Å². The zero-order chi connectivity index (χ0) is 12.6. The molecule has 3 heteroatoms. The molecule has 2 aliphatic rings. The maximum absolute atomic E-state index is 5.86. The van der Waals surface area contributed by atoms with E-state index in [-0.39, 0.29) is 0 Å². The summed E-state index contributed by atoms with van der Waals surface area (Å²) in [5.41, 5.74) is 8.55. The molecular weight excluding hydrogens is 224 g/mol. The molecule has 0 unspecified atom stereocenters. The summed E-state index contributed by atoms with van der Waals surface area (Å²) in [5, 5.41) is 0. The Bertz CT molecular complexity index is 430. The number of likely N-dealkylation sites (tertiary alicyclic amines) is 1. The van der Waals surface area contributed by atoms with Crippen LogP contribution in [0.15, 0.2) is 18.2 Å². The minimum Gasteiger partial charge on any atom is -0.496 e. The van der Waals surface area contributed by atoms with E-state index in [0.29, 0.717) is 5.41 Å². The maximum Gasteiger partial charge on any atom is 0.123 e. The molecule has 1 aliphatic carbocycles. The van der Waals surface area contributed by atoms with Crippen molar-refractivity contribution in [3.63, 3.8) is 0 Å². The van der Waals surface area contributed by atoms with Crippen LogP contribution in [0, 0.1) is 5.41 Å². The molecular formula is C15H22N2O. The lowest BCUT2D eigenvalue weighted by Crippen LogP contribution is -2.54. The van der Waals surface area contributed by atoms with Crippen LogP contribution in [-0.4, -0.2) is 25.1 Å². The van der Waals surface area contributed by atoms with Gasteiger partial charge in [0.25, 0.3) is 0 Å². The summed E-state index contributed by atoms with van der Waals surface area (Å²) in [6, 6.07) is 5.91. The first-order valence-electron chi connectivity index (χ1n) is 6.86. The molecule has 1 saturated heterocycles. The van der Waals surface area contributed by atoms with Crippen molar-refractivity contribution in [2.75, 3.05) is 25.9 Å². The molecule has 18 heavy (non-hydrogen) atoms. The highest BCUT2D eigenvalue weighted by molar-refractivity contribution is 5.47. The molecule has 0 atom stereocenters. The fourth-order valence-electron chi connectivity index (χ4n) is 3.62. The van der Waals surface area contributed by atoms with Gasteiger partial charge in [-0.2, -0.15) is 0 Å². The van der Waals surface area contributed by atoms with Gasteiger partial charge in [0.1, 0.15) is 5.75 Å². The van der Waals surface area contributed by atoms with Crippen molar-refractivity contribution in [1.29, 1.82) is 0 Å². The maximum atomic E-state index is 5.86. The zero-order valence-electron chi connectivity index (χ0n) is 11.1. The third kappa shape index (κ3) is 2.07. The summed E-state index contributed by atoms with van der Waals surface area (Å²) in [5.74, 6) is 0.955. The predicted molar refractivity (Wildman–Crippen MR) is 73.6 cm³/mol. The highest BCUT2D eigenvalue weighted by Crippen LogP contribution is 2.46. The second-order valence-corrected chi connectivity index (χ2v) is 5.92. The summed E-state index contributed by atoms with van der Waals surface area (Å²) < 4.78 is 5.40. The Kier molecular flexibility index (Phi) is 2.94. The lowest BCUT2D eigenvalue weighted by atomic mass is 9.78. The summed E-state index contributed by atoms with van der Waals surface area (Å²) in [4.78, 5) is 2.52. The first-order chi connectivity index (χ1) is 8.71. The number of hydrogen-bond donors (Lipinski definition) is 1. The van der Waals surface area contributed by atoms with Crippen LogP contribution < -0.4 is 10.5 Å². The number of ether oxygens (including phenoxy) is 1. The molecule has 3 nitrogen and oxygen atoms in total. The topological polar surface area (TPSA) is 38.5 Å². The largest absolute Gasteiger partial charge is 0.496 e. The summed E-state index contributed by atoms with van der Waals surface area (Å²) in [6.07, 6.45) is 5.71. The monoisotopic (exact) mass is 246 g/mol. The van der Waals surface area contributed by atoms with E-state index in [0.717, 1.165) is 18.0 Å². The molecule has 1 spiro atoms. The molecule has 1 saturated carbocycles. The third-order valence-corrected chi connectivity index (χ3v) is 4.48. The highest BCUT2D eigenvalue weighted by Gasteiger charge is 2.44. The minimum atomic E-state index is 0.660. The Morgan fingerprint density at radius 3 is 2.67 bits per heavy atom. The fraction of sp³-hybridized carbons (Fsp3) is 0.600. The number of benzene rings is 1. The van der Waals surface area contributed by atoms with Crippen molar-refractivity contribution in [2.45, 2.75) is 32.2 Å². The standard InChI is InChI=1S/C15H22N2O/c1-18-14-5-4-13(16)8-12(14)9-17-10-15(11-17)6-2-3-7-15/h4-5,8H,2-3,6-7,9-11,16H2,1H3. The molecule has 0 aromatic heterocycles. The van der Waals surface area contributed by atoms with E-state index in [1.807, 2.05) is 18.2 Å². The summed E-state index contributed by atoms with van der Waals surface area (Å²) in [6.45, 7) is 3.48. The van der Waals surface area contributed by atoms with Crippen molar-refractivity contribution < 1.29 is 4.74 Å². The average molecular weight is 246 g/mol. The average Bonchev–Trinajstić information content (AvgIpc) is 2.78. The van der Waals surface area contributed by atoms with E-state index in [9.17, 15) is 0 Å². The van der Waals surface area contributed by atoms with Gasteiger partial charge < -0.3 is 10.5 Å². The van der Waals surface area contributed by atoms with Crippen LogP contribution in [0.2, 0.25) is 0 Å². The van der Waals surface area contributed by atoms with Crippen molar-refractivity contribution in [3.8, 4) is 5.75 Å². The third-order valence-electron chi connectivity index (χ3n) is 4.48. The number of rotatable bonds is 3. The Morgan fingerprint density at radius 1 is 1.28 bits per heavy atom. The van der Waals surface area contributed by atoms with Crippen molar-refractivity contribution in [1.82, 2.24) is 4.90 Å². The van der Waals surface area contributed by atoms with Gasteiger partial charge in [0, 0.05) is 30.9 Å². The van der Waals surface area contributed by atoms with Gasteiger partial charge in [0.2, 0.25) is 0 Å². The predicted octanol–water partition coefficient (Wildman–Crippen LogP) is 2.65. The number of nitrogen functional groups attached to an aromatic ring is 1. The Morgan fingerprint density at radius 2 is 2.00 bits per heavy atom. The number of nitrogens with zero attached hydrogens (tertiary/aromatic N) is 1. The van der Waals surface area contributed by atoms with E-state index in [1.54, 1.807) is 7.11 Å². The number of anilines is 1. The van der Waals surface area contributed by atoms with Crippen LogP contribution in [0.4, 0.5) is 5.69 Å². The minimum absolute atomic E-state index is 0.660. The van der Waals surface area contributed by atoms with Gasteiger partial charge in [-0.1, -0.05) is 12.8 Å². The summed E-state index contributed by atoms with van der Waals surface area (Å²) >= 11 is 0. The van der Waals surface area contributed by atoms with Gasteiger partial charge in [-0.05, 0) is 36.5 Å². The molecule has 0 bridgehead atoms. The van der Waals surface area contributed by atoms with Gasteiger partial charge in [0.15, 0.2) is 0 Å². The van der Waals surface area contributed by atoms with E-state index < -0.39 is 0 Å². The SMILES string of the molecule is COc1ccc(N)cc1CN1CC2(CCCC2)C1. The first-order valence-corrected chi connectivity index (χ1v) is 6.86. The van der Waals surface area contributed by atoms with Crippen LogP contribution >= 0.6 is 0 Å². The van der Waals surface area contributed by atoms with Crippen LogP contribution in [-0.2, 0) is 6.54 Å². The fourth-order valence-corrected chi connectivity index (χ4v) is 3.62. The Balaban J connectivity index is 1.65. The quantitative estimate of drug-likeness (QED) is 0.833. The smallest absolute Gasteiger partial charge is 0.123 e. The molecule has 2 fully saturated rings. The van der Waals surface area contributed by atoms with Gasteiger partial charge in [-0.25, -0.2) is 0 Å². The zero-order valence-corrected chi connectivity index (χ0v) is 11.1. The number of hydrogen-bond acceptors (Lipinski definition) is 3. The van der Waals surface area contributed by atoms with Crippen LogP contribution in [0.1, 0.15) is 31.2 Å². The molecule has 98 valence electrons. The highest BCUT2D eigenvalue weighted by atomic mass is 16.5. The van der Waals surface area contributed by atoms with Crippen molar-refractivity contribution in [2.24, 2.45) is 5.41 Å². The van der Waals surface area contributed by atoms with E-state index in [2.05, 4.69) is 4.90 Å². The molecule has 1 aromatic rings. The van der Waals surface area contributed by atoms with Gasteiger partial charge in [0.05, 0.1) is 7.11 Å². The molecule has 1 heterocycles. The summed E-state index contributed by atoms with van der Waals surface area (Å²) in [7, 11) is 1.73. The van der Waals surface area contributed by atoms with E-state index >= 15 is 0 Å². The van der Waals surface area contributed by atoms with Crippen LogP contribution in [0.3, 0.4) is 0 Å². The Hall–Kier alpha value is -1.22. The van der Waals surface area contributed by atoms with Crippen molar-refractivity contribution in [3.05, 3.63) is 23.8 Å². The second kappa shape index (κ2) is 4.47. The van der Waals surface area contributed by atoms with E-state index in [4.69, 9.17) is 10.5 Å². The molecule has 0 radical (unpaired) electrons. The van der Waals surface area contributed by atoms with Crippen molar-refractivity contribution >= 4 is 5.69 Å². The van der Waals surface area contributed by atoms with Crippen LogP contribution in [0.5, 0.6) is 5.75 Å². The lowest BCUT2D eigenvalue weighted by molar-refractivity contribution is -0.000673. The normalized spacial score (nSPS) is 22.1. The van der Waals surface area contributed by atoms with Gasteiger partial charge in [-0.3, -0.25) is 4.90 Å². The van der Waals surface area contributed by atoms with Crippen LogP contribution in [0.25, 0.3) is 0 Å². The lowest BCUT2D eigenvalue weighted by Gasteiger charge is -2.48. The number of methoxy groups -OCH3 is 1. The second-order valence-electron chi connectivity index (χ2n) is 5.92. The van der Waals surface area contributed by atoms with E-state index in [1.165, 1.54) is 44.3 Å². The molecule has 0 amide bonds. The first kappa shape index (κ1) is 11.8. The molecule has 1 aromatic carbocycles. The number of nitrogens with two attached hydrogens (primary N) is 1. The molecule has 2 N–H and O–H groups in total. The molecule has 3 rings (SSSR count).